The maximum Gasteiger partial charge on any atom is 0.0239 e. The molecule has 0 aliphatic heterocycles. The highest BCUT2D eigenvalue weighted by Gasteiger charge is 2.35. The van der Waals surface area contributed by atoms with Gasteiger partial charge < -0.3 is 5.73 Å². The Balaban J connectivity index is 1.65. The Morgan fingerprint density at radius 2 is 1.44 bits per heavy atom. The number of rotatable bonds is 4. The van der Waals surface area contributed by atoms with E-state index in [2.05, 4.69) is 35.2 Å². The van der Waals surface area contributed by atoms with E-state index in [1.807, 2.05) is 0 Å². The van der Waals surface area contributed by atoms with Gasteiger partial charge in [-0.1, -0.05) is 30.3 Å². The molecule has 18 heavy (non-hydrogen) atoms. The average molecular weight is 244 g/mol. The molecule has 0 heterocycles. The zero-order valence-corrected chi connectivity index (χ0v) is 11.1. The van der Waals surface area contributed by atoms with Gasteiger partial charge in [-0.2, -0.15) is 0 Å². The zero-order chi connectivity index (χ0) is 12.4. The molecule has 0 aromatic heterocycles. The summed E-state index contributed by atoms with van der Waals surface area (Å²) in [7, 11) is 0. The van der Waals surface area contributed by atoms with E-state index in [1.54, 1.807) is 0 Å². The smallest absolute Gasteiger partial charge is 0.0239 e. The summed E-state index contributed by atoms with van der Waals surface area (Å²) >= 11 is 0. The Morgan fingerprint density at radius 1 is 0.889 bits per heavy atom. The third-order valence-electron chi connectivity index (χ3n) is 4.43. The number of nitrogens with two attached hydrogens (primary N) is 1. The van der Waals surface area contributed by atoms with Crippen LogP contribution < -0.4 is 5.73 Å². The van der Waals surface area contributed by atoms with Gasteiger partial charge in [0.15, 0.2) is 0 Å². The zero-order valence-electron chi connectivity index (χ0n) is 11.1. The molecule has 0 saturated heterocycles. The molecule has 3 rings (SSSR count). The molecule has 0 atom stereocenters. The van der Waals surface area contributed by atoms with Gasteiger partial charge in [0.25, 0.3) is 0 Å². The molecule has 0 radical (unpaired) electrons. The largest absolute Gasteiger partial charge is 0.328 e. The molecule has 98 valence electrons. The Morgan fingerprint density at radius 3 is 2.00 bits per heavy atom. The van der Waals surface area contributed by atoms with Crippen molar-refractivity contribution in [3.63, 3.8) is 0 Å². The third-order valence-corrected chi connectivity index (χ3v) is 4.43. The lowest BCUT2D eigenvalue weighted by Crippen LogP contribution is -2.41. The highest BCUT2D eigenvalue weighted by atomic mass is 15.2. The van der Waals surface area contributed by atoms with Crippen molar-refractivity contribution in [2.75, 3.05) is 0 Å². The standard InChI is InChI=1S/C16H24N2/c17-14-6-8-15(9-7-14)18(16-10-11-16)12-13-4-2-1-3-5-13/h1-5,14-16H,6-12,17H2. The van der Waals surface area contributed by atoms with E-state index in [0.29, 0.717) is 6.04 Å². The van der Waals surface area contributed by atoms with Gasteiger partial charge in [0.05, 0.1) is 0 Å². The van der Waals surface area contributed by atoms with Crippen molar-refractivity contribution in [3.8, 4) is 0 Å². The van der Waals surface area contributed by atoms with Gasteiger partial charge >= 0.3 is 0 Å². The van der Waals surface area contributed by atoms with Crippen molar-refractivity contribution in [2.24, 2.45) is 5.73 Å². The van der Waals surface area contributed by atoms with Crippen LogP contribution in [0.2, 0.25) is 0 Å². The summed E-state index contributed by atoms with van der Waals surface area (Å²) in [6.07, 6.45) is 7.81. The Kier molecular flexibility index (Phi) is 3.67. The van der Waals surface area contributed by atoms with Crippen LogP contribution in [0.1, 0.15) is 44.1 Å². The number of nitrogens with zero attached hydrogens (tertiary/aromatic N) is 1. The normalized spacial score (nSPS) is 28.6. The fourth-order valence-electron chi connectivity index (χ4n) is 3.19. The lowest BCUT2D eigenvalue weighted by Gasteiger charge is -2.36. The van der Waals surface area contributed by atoms with E-state index < -0.39 is 0 Å². The fraction of sp³-hybridized carbons (Fsp3) is 0.625. The molecule has 2 N–H and O–H groups in total. The fourth-order valence-corrected chi connectivity index (χ4v) is 3.19. The van der Waals surface area contributed by atoms with Gasteiger partial charge in [0.2, 0.25) is 0 Å². The van der Waals surface area contributed by atoms with Crippen LogP contribution in [-0.4, -0.2) is 23.0 Å². The third kappa shape index (κ3) is 2.93. The first-order valence-electron chi connectivity index (χ1n) is 7.38. The predicted octanol–water partition coefficient (Wildman–Crippen LogP) is 2.92. The number of hydrogen-bond acceptors (Lipinski definition) is 2. The molecule has 2 heteroatoms. The van der Waals surface area contributed by atoms with E-state index in [-0.39, 0.29) is 0 Å². The van der Waals surface area contributed by atoms with Crippen LogP contribution >= 0.6 is 0 Å². The first-order chi connectivity index (χ1) is 8.83. The van der Waals surface area contributed by atoms with E-state index in [9.17, 15) is 0 Å². The SMILES string of the molecule is NC1CCC(N(Cc2ccccc2)C2CC2)CC1. The highest BCUT2D eigenvalue weighted by Crippen LogP contribution is 2.34. The van der Waals surface area contributed by atoms with Crippen LogP contribution in [0, 0.1) is 0 Å². The molecule has 2 aliphatic carbocycles. The minimum atomic E-state index is 0.457. The maximum atomic E-state index is 6.02. The average Bonchev–Trinajstić information content (AvgIpc) is 3.23. The summed E-state index contributed by atoms with van der Waals surface area (Å²) < 4.78 is 0. The van der Waals surface area contributed by atoms with Gasteiger partial charge in [-0.15, -0.1) is 0 Å². The second-order valence-electron chi connectivity index (χ2n) is 5.96. The molecule has 2 aliphatic rings. The number of hydrogen-bond donors (Lipinski definition) is 1. The van der Waals surface area contributed by atoms with Crippen LogP contribution in [0.4, 0.5) is 0 Å². The summed E-state index contributed by atoms with van der Waals surface area (Å²) in [5.74, 6) is 0. The summed E-state index contributed by atoms with van der Waals surface area (Å²) in [4.78, 5) is 2.75. The van der Waals surface area contributed by atoms with Gasteiger partial charge in [-0.3, -0.25) is 4.90 Å². The molecule has 0 unspecified atom stereocenters. The summed E-state index contributed by atoms with van der Waals surface area (Å²) in [6.45, 7) is 1.13. The minimum Gasteiger partial charge on any atom is -0.328 e. The van der Waals surface area contributed by atoms with Gasteiger partial charge in [0.1, 0.15) is 0 Å². The van der Waals surface area contributed by atoms with E-state index in [1.165, 1.54) is 44.1 Å². The van der Waals surface area contributed by atoms with Crippen LogP contribution in [0.5, 0.6) is 0 Å². The Bertz CT molecular complexity index is 364. The molecular formula is C16H24N2. The lowest BCUT2D eigenvalue weighted by atomic mass is 9.90. The summed E-state index contributed by atoms with van der Waals surface area (Å²) in [6, 6.07) is 13.0. The molecule has 0 spiro atoms. The minimum absolute atomic E-state index is 0.457. The molecule has 2 saturated carbocycles. The van der Waals surface area contributed by atoms with Crippen molar-refractivity contribution in [1.29, 1.82) is 0 Å². The van der Waals surface area contributed by atoms with Crippen LogP contribution in [0.15, 0.2) is 30.3 Å². The molecule has 0 amide bonds. The van der Waals surface area contributed by atoms with Crippen LogP contribution in [0.3, 0.4) is 0 Å². The van der Waals surface area contributed by atoms with E-state index in [0.717, 1.165) is 18.6 Å². The molecule has 2 nitrogen and oxygen atoms in total. The van der Waals surface area contributed by atoms with Crippen molar-refractivity contribution >= 4 is 0 Å². The van der Waals surface area contributed by atoms with E-state index >= 15 is 0 Å². The molecule has 2 fully saturated rings. The van der Waals surface area contributed by atoms with Crippen LogP contribution in [0.25, 0.3) is 0 Å². The van der Waals surface area contributed by atoms with E-state index in [4.69, 9.17) is 5.73 Å². The van der Waals surface area contributed by atoms with Gasteiger partial charge in [0, 0.05) is 24.7 Å². The van der Waals surface area contributed by atoms with Crippen molar-refractivity contribution in [1.82, 2.24) is 4.90 Å². The molecule has 0 bridgehead atoms. The second-order valence-corrected chi connectivity index (χ2v) is 5.96. The maximum absolute atomic E-state index is 6.02. The highest BCUT2D eigenvalue weighted by molar-refractivity contribution is 5.15. The van der Waals surface area contributed by atoms with Crippen molar-refractivity contribution in [3.05, 3.63) is 35.9 Å². The Labute approximate surface area is 110 Å². The van der Waals surface area contributed by atoms with Gasteiger partial charge in [-0.05, 0) is 44.1 Å². The Hall–Kier alpha value is -0.860. The topological polar surface area (TPSA) is 29.3 Å². The summed E-state index contributed by atoms with van der Waals surface area (Å²) in [5.41, 5.74) is 7.48. The lowest BCUT2D eigenvalue weighted by molar-refractivity contribution is 0.133. The van der Waals surface area contributed by atoms with Crippen molar-refractivity contribution < 1.29 is 0 Å². The predicted molar refractivity (Wildman–Crippen MR) is 75.2 cm³/mol. The summed E-state index contributed by atoms with van der Waals surface area (Å²) in [5, 5.41) is 0. The first kappa shape index (κ1) is 12.2. The number of benzene rings is 1. The monoisotopic (exact) mass is 244 g/mol. The van der Waals surface area contributed by atoms with Gasteiger partial charge in [-0.25, -0.2) is 0 Å². The van der Waals surface area contributed by atoms with Crippen LogP contribution in [-0.2, 0) is 6.54 Å². The quantitative estimate of drug-likeness (QED) is 0.882. The first-order valence-corrected chi connectivity index (χ1v) is 7.38. The molecule has 1 aromatic rings. The molecular weight excluding hydrogens is 220 g/mol. The molecule has 1 aromatic carbocycles. The van der Waals surface area contributed by atoms with Crippen molar-refractivity contribution in [2.45, 2.75) is 63.2 Å². The second kappa shape index (κ2) is 5.41.